The highest BCUT2D eigenvalue weighted by atomic mass is 79.9. The molecule has 0 aliphatic heterocycles. The Hall–Kier alpha value is -0.410. The first-order chi connectivity index (χ1) is 5.74. The van der Waals surface area contributed by atoms with Crippen molar-refractivity contribution < 1.29 is 4.21 Å². The molecule has 0 radical (unpaired) electrons. The minimum Gasteiger partial charge on any atom is -0.250 e. The fraction of sp³-hybridized carbons (Fsp3) is 0.111. The molecule has 0 heterocycles. The van der Waals surface area contributed by atoms with E-state index in [1.165, 1.54) is 5.56 Å². The molecule has 3 heteroatoms. The van der Waals surface area contributed by atoms with Crippen LogP contribution in [0.15, 0.2) is 39.6 Å². The van der Waals surface area contributed by atoms with Crippen molar-refractivity contribution in [3.8, 4) is 0 Å². The van der Waals surface area contributed by atoms with E-state index in [4.69, 9.17) is 0 Å². The van der Waals surface area contributed by atoms with Crippen molar-refractivity contribution in [3.05, 3.63) is 40.2 Å². The monoisotopic (exact) mass is 244 g/mol. The van der Waals surface area contributed by atoms with Gasteiger partial charge in [0.2, 0.25) is 0 Å². The first kappa shape index (κ1) is 9.68. The quantitative estimate of drug-likeness (QED) is 0.782. The number of hydrogen-bond donors (Lipinski definition) is 0. The average Bonchev–Trinajstić information content (AvgIpc) is 2.06. The van der Waals surface area contributed by atoms with Gasteiger partial charge in [0.1, 0.15) is 0 Å². The number of halogens is 1. The minimum absolute atomic E-state index is 0.830. The van der Waals surface area contributed by atoms with E-state index in [0.717, 1.165) is 4.90 Å². The Kier molecular flexibility index (Phi) is 3.69. The van der Waals surface area contributed by atoms with E-state index < -0.39 is 10.8 Å². The maximum absolute atomic E-state index is 11.4. The van der Waals surface area contributed by atoms with E-state index in [2.05, 4.69) is 15.9 Å². The number of rotatable bonds is 2. The van der Waals surface area contributed by atoms with E-state index in [9.17, 15) is 4.21 Å². The van der Waals surface area contributed by atoms with Crippen molar-refractivity contribution in [3.63, 3.8) is 0 Å². The average molecular weight is 245 g/mol. The number of hydrogen-bond acceptors (Lipinski definition) is 1. The van der Waals surface area contributed by atoms with Gasteiger partial charge in [-0.15, -0.1) is 0 Å². The lowest BCUT2D eigenvalue weighted by Crippen LogP contribution is -1.85. The van der Waals surface area contributed by atoms with Crippen molar-refractivity contribution >= 4 is 26.7 Å². The first-order valence-corrected chi connectivity index (χ1v) is 5.61. The molecule has 64 valence electrons. The summed E-state index contributed by atoms with van der Waals surface area (Å²) in [4.78, 5) is 2.44. The molecule has 1 aromatic rings. The summed E-state index contributed by atoms with van der Waals surface area (Å²) in [7, 11) is -1.02. The molecular weight excluding hydrogens is 236 g/mol. The lowest BCUT2D eigenvalue weighted by Gasteiger charge is -1.96. The Balaban J connectivity index is 2.90. The maximum Gasteiger partial charge on any atom is 0.0781 e. The van der Waals surface area contributed by atoms with Crippen molar-refractivity contribution in [2.24, 2.45) is 0 Å². The number of benzene rings is 1. The SMILES string of the molecule is Cc1ccc(S(=O)/C=C/Br)cc1. The molecule has 0 aromatic heterocycles. The van der Waals surface area contributed by atoms with Crippen molar-refractivity contribution in [1.29, 1.82) is 0 Å². The second-order valence-corrected chi connectivity index (χ2v) is 4.24. The Morgan fingerprint density at radius 3 is 2.42 bits per heavy atom. The van der Waals surface area contributed by atoms with Crippen molar-refractivity contribution in [2.45, 2.75) is 11.8 Å². The molecule has 0 saturated heterocycles. The Morgan fingerprint density at radius 2 is 1.92 bits per heavy atom. The van der Waals surface area contributed by atoms with Crippen LogP contribution in [-0.4, -0.2) is 4.21 Å². The van der Waals surface area contributed by atoms with Gasteiger partial charge in [0, 0.05) is 10.3 Å². The molecule has 12 heavy (non-hydrogen) atoms. The van der Waals surface area contributed by atoms with Crippen molar-refractivity contribution in [1.82, 2.24) is 0 Å². The van der Waals surface area contributed by atoms with Gasteiger partial charge in [0.25, 0.3) is 0 Å². The van der Waals surface area contributed by atoms with Gasteiger partial charge >= 0.3 is 0 Å². The van der Waals surface area contributed by atoms with Crippen molar-refractivity contribution in [2.75, 3.05) is 0 Å². The van der Waals surface area contributed by atoms with Crippen LogP contribution in [0.4, 0.5) is 0 Å². The van der Waals surface area contributed by atoms with Gasteiger partial charge in [-0.1, -0.05) is 33.6 Å². The molecule has 0 fully saturated rings. The van der Waals surface area contributed by atoms with E-state index >= 15 is 0 Å². The van der Waals surface area contributed by atoms with Crippen LogP contribution >= 0.6 is 15.9 Å². The highest BCUT2D eigenvalue weighted by Crippen LogP contribution is 2.09. The molecule has 1 unspecified atom stereocenters. The predicted octanol–water partition coefficient (Wildman–Crippen LogP) is 2.97. The fourth-order valence-electron chi connectivity index (χ4n) is 0.798. The zero-order valence-electron chi connectivity index (χ0n) is 6.66. The van der Waals surface area contributed by atoms with Gasteiger partial charge in [-0.05, 0) is 24.0 Å². The molecule has 1 atom stereocenters. The lowest BCUT2D eigenvalue weighted by atomic mass is 10.2. The van der Waals surface area contributed by atoms with E-state index in [0.29, 0.717) is 0 Å². The smallest absolute Gasteiger partial charge is 0.0781 e. The van der Waals surface area contributed by atoms with Crippen LogP contribution in [0.3, 0.4) is 0 Å². The molecule has 1 aromatic carbocycles. The van der Waals surface area contributed by atoms with Crippen LogP contribution in [0.25, 0.3) is 0 Å². The van der Waals surface area contributed by atoms with Crippen LogP contribution < -0.4 is 0 Å². The summed E-state index contributed by atoms with van der Waals surface area (Å²) in [6, 6.07) is 7.65. The topological polar surface area (TPSA) is 17.1 Å². The third kappa shape index (κ3) is 2.57. The summed E-state index contributed by atoms with van der Waals surface area (Å²) in [5, 5.41) is 1.60. The fourth-order valence-corrected chi connectivity index (χ4v) is 2.04. The van der Waals surface area contributed by atoms with Crippen LogP contribution in [0.5, 0.6) is 0 Å². The molecular formula is C9H9BrOS. The molecule has 0 aliphatic rings. The molecule has 1 nitrogen and oxygen atoms in total. The first-order valence-electron chi connectivity index (χ1n) is 3.48. The van der Waals surface area contributed by atoms with E-state index in [1.54, 1.807) is 10.4 Å². The summed E-state index contributed by atoms with van der Waals surface area (Å²) < 4.78 is 11.4. The Labute approximate surface area is 83.1 Å². The summed E-state index contributed by atoms with van der Waals surface area (Å²) in [5.74, 6) is 0. The van der Waals surface area contributed by atoms with E-state index in [1.807, 2.05) is 31.2 Å². The van der Waals surface area contributed by atoms with E-state index in [-0.39, 0.29) is 0 Å². The highest BCUT2D eigenvalue weighted by molar-refractivity contribution is 9.11. The summed E-state index contributed by atoms with van der Waals surface area (Å²) in [6.45, 7) is 2.01. The predicted molar refractivity (Wildman–Crippen MR) is 55.7 cm³/mol. The van der Waals surface area contributed by atoms with Gasteiger partial charge in [-0.25, -0.2) is 4.21 Å². The molecule has 1 rings (SSSR count). The summed E-state index contributed by atoms with van der Waals surface area (Å²) >= 11 is 3.09. The minimum atomic E-state index is -1.02. The molecule has 0 bridgehead atoms. The molecule has 0 amide bonds. The van der Waals surface area contributed by atoms with Crippen LogP contribution in [0.1, 0.15) is 5.56 Å². The number of aryl methyl sites for hydroxylation is 1. The second-order valence-electron chi connectivity index (χ2n) is 2.37. The zero-order chi connectivity index (χ0) is 8.97. The standard InChI is InChI=1S/C9H9BrOS/c1-8-2-4-9(5-3-8)12(11)7-6-10/h2-7H,1H3/b7-6+. The van der Waals surface area contributed by atoms with Gasteiger partial charge in [-0.3, -0.25) is 0 Å². The van der Waals surface area contributed by atoms with Gasteiger partial charge < -0.3 is 0 Å². The molecule has 0 aliphatic carbocycles. The third-order valence-electron chi connectivity index (χ3n) is 1.43. The Morgan fingerprint density at radius 1 is 1.33 bits per heavy atom. The van der Waals surface area contributed by atoms with Crippen LogP contribution in [0.2, 0.25) is 0 Å². The van der Waals surface area contributed by atoms with Gasteiger partial charge in [-0.2, -0.15) is 0 Å². The highest BCUT2D eigenvalue weighted by Gasteiger charge is 1.96. The largest absolute Gasteiger partial charge is 0.250 e. The molecule has 0 N–H and O–H groups in total. The summed E-state index contributed by atoms with van der Waals surface area (Å²) in [5.41, 5.74) is 1.18. The summed E-state index contributed by atoms with van der Waals surface area (Å²) in [6.07, 6.45) is 0. The van der Waals surface area contributed by atoms with Crippen LogP contribution in [-0.2, 0) is 10.8 Å². The second kappa shape index (κ2) is 4.58. The molecule has 0 spiro atoms. The van der Waals surface area contributed by atoms with Gasteiger partial charge in [0.05, 0.1) is 10.8 Å². The zero-order valence-corrected chi connectivity index (χ0v) is 9.06. The normalized spacial score (nSPS) is 13.5. The maximum atomic E-state index is 11.4. The Bertz CT molecular complexity index is 303. The third-order valence-corrected chi connectivity index (χ3v) is 3.16. The van der Waals surface area contributed by atoms with Crippen LogP contribution in [0, 0.1) is 6.92 Å². The lowest BCUT2D eigenvalue weighted by molar-refractivity contribution is 0.688. The molecule has 0 saturated carbocycles. The van der Waals surface area contributed by atoms with Gasteiger partial charge in [0.15, 0.2) is 0 Å².